The fourth-order valence-electron chi connectivity index (χ4n) is 1.86. The molecular formula is C16H17ClN2O4S. The summed E-state index contributed by atoms with van der Waals surface area (Å²) in [5.41, 5.74) is 3.31. The third-order valence-corrected chi connectivity index (χ3v) is 5.50. The summed E-state index contributed by atoms with van der Waals surface area (Å²) in [6, 6.07) is 13.3. The third kappa shape index (κ3) is 4.33. The maximum Gasteiger partial charge on any atom is 0.274 e. The molecule has 0 heterocycles. The van der Waals surface area contributed by atoms with Crippen LogP contribution in [-0.4, -0.2) is 32.7 Å². The molecule has 0 saturated heterocycles. The Kier molecular flexibility index (Phi) is 5.95. The van der Waals surface area contributed by atoms with Gasteiger partial charge in [0.15, 0.2) is 0 Å². The van der Waals surface area contributed by atoms with Crippen molar-refractivity contribution in [3.8, 4) is 0 Å². The van der Waals surface area contributed by atoms with Crippen molar-refractivity contribution in [1.82, 2.24) is 9.79 Å². The number of carbonyl (C=O) groups is 1. The van der Waals surface area contributed by atoms with Gasteiger partial charge in [0.1, 0.15) is 4.90 Å². The van der Waals surface area contributed by atoms with Gasteiger partial charge < -0.3 is 0 Å². The predicted octanol–water partition coefficient (Wildman–Crippen LogP) is 2.45. The Labute approximate surface area is 146 Å². The van der Waals surface area contributed by atoms with E-state index in [1.807, 2.05) is 30.3 Å². The normalized spacial score (nSPS) is 11.5. The summed E-state index contributed by atoms with van der Waals surface area (Å²) < 4.78 is 25.4. The monoisotopic (exact) mass is 368 g/mol. The van der Waals surface area contributed by atoms with Crippen molar-refractivity contribution in [1.29, 1.82) is 0 Å². The molecule has 0 aromatic heterocycles. The van der Waals surface area contributed by atoms with Crippen LogP contribution in [0, 0.1) is 0 Å². The molecule has 0 unspecified atom stereocenters. The van der Waals surface area contributed by atoms with Crippen LogP contribution in [0.1, 0.15) is 15.9 Å². The second-order valence-electron chi connectivity index (χ2n) is 5.14. The molecule has 0 bridgehead atoms. The number of hydroxylamine groups is 1. The smallest absolute Gasteiger partial charge is 0.269 e. The first-order valence-corrected chi connectivity index (χ1v) is 8.82. The fraction of sp³-hybridized carbons (Fsp3) is 0.188. The van der Waals surface area contributed by atoms with Gasteiger partial charge in [-0.25, -0.2) is 18.2 Å². The Balaban J connectivity index is 2.10. The third-order valence-electron chi connectivity index (χ3n) is 3.20. The summed E-state index contributed by atoms with van der Waals surface area (Å²) in [6.07, 6.45) is 0. The van der Waals surface area contributed by atoms with E-state index in [1.165, 1.54) is 32.3 Å². The van der Waals surface area contributed by atoms with Crippen molar-refractivity contribution in [3.05, 3.63) is 64.7 Å². The van der Waals surface area contributed by atoms with Gasteiger partial charge in [-0.2, -0.15) is 0 Å². The van der Waals surface area contributed by atoms with Gasteiger partial charge in [-0.15, -0.1) is 0 Å². The standard InChI is InChI=1S/C16H17ClN2O4S/c1-19(2)24(21,22)15-10-13(8-9-14(15)17)16(20)18-23-11-12-6-4-3-5-7-12/h3-10H,11H2,1-2H3,(H,18,20). The zero-order valence-electron chi connectivity index (χ0n) is 13.2. The second kappa shape index (κ2) is 7.76. The van der Waals surface area contributed by atoms with Gasteiger partial charge in [-0.1, -0.05) is 41.9 Å². The molecule has 0 fully saturated rings. The molecule has 2 aromatic rings. The molecule has 0 saturated carbocycles. The number of rotatable bonds is 6. The number of halogens is 1. The van der Waals surface area contributed by atoms with Crippen LogP contribution in [-0.2, 0) is 21.5 Å². The molecule has 8 heteroatoms. The van der Waals surface area contributed by atoms with Gasteiger partial charge >= 0.3 is 0 Å². The van der Waals surface area contributed by atoms with Gasteiger partial charge in [-0.3, -0.25) is 9.63 Å². The maximum absolute atomic E-state index is 12.2. The Morgan fingerprint density at radius 2 is 1.83 bits per heavy atom. The summed E-state index contributed by atoms with van der Waals surface area (Å²) in [6.45, 7) is 0.197. The number of nitrogens with one attached hydrogen (secondary N) is 1. The van der Waals surface area contributed by atoms with E-state index >= 15 is 0 Å². The van der Waals surface area contributed by atoms with E-state index in [9.17, 15) is 13.2 Å². The largest absolute Gasteiger partial charge is 0.274 e. The fourth-order valence-corrected chi connectivity index (χ4v) is 3.25. The Morgan fingerprint density at radius 3 is 2.46 bits per heavy atom. The van der Waals surface area contributed by atoms with Crippen molar-refractivity contribution in [2.24, 2.45) is 0 Å². The van der Waals surface area contributed by atoms with E-state index in [4.69, 9.17) is 16.4 Å². The topological polar surface area (TPSA) is 75.7 Å². The van der Waals surface area contributed by atoms with Gasteiger partial charge in [0.05, 0.1) is 11.6 Å². The molecule has 6 nitrogen and oxygen atoms in total. The lowest BCUT2D eigenvalue weighted by Gasteiger charge is -2.14. The van der Waals surface area contributed by atoms with Crippen molar-refractivity contribution in [2.45, 2.75) is 11.5 Å². The highest BCUT2D eigenvalue weighted by molar-refractivity contribution is 7.89. The van der Waals surface area contributed by atoms with Crippen LogP contribution < -0.4 is 5.48 Å². The maximum atomic E-state index is 12.2. The Hall–Kier alpha value is -1.93. The lowest BCUT2D eigenvalue weighted by molar-refractivity contribution is 0.0233. The number of amides is 1. The lowest BCUT2D eigenvalue weighted by atomic mass is 10.2. The molecule has 0 radical (unpaired) electrons. The van der Waals surface area contributed by atoms with Crippen molar-refractivity contribution < 1.29 is 18.0 Å². The summed E-state index contributed by atoms with van der Waals surface area (Å²) in [7, 11) is -0.966. The van der Waals surface area contributed by atoms with Gasteiger partial charge in [0.2, 0.25) is 10.0 Å². The van der Waals surface area contributed by atoms with Gasteiger partial charge in [0, 0.05) is 19.7 Å². The SMILES string of the molecule is CN(C)S(=O)(=O)c1cc(C(=O)NOCc2ccccc2)ccc1Cl. The molecule has 0 aliphatic carbocycles. The summed E-state index contributed by atoms with van der Waals surface area (Å²) in [4.78, 5) is 17.1. The van der Waals surface area contributed by atoms with Gasteiger partial charge in [0.25, 0.3) is 5.91 Å². The molecule has 1 N–H and O–H groups in total. The zero-order valence-corrected chi connectivity index (χ0v) is 14.8. The minimum Gasteiger partial charge on any atom is -0.269 e. The average Bonchev–Trinajstić information content (AvgIpc) is 2.55. The van der Waals surface area contributed by atoms with Crippen molar-refractivity contribution in [3.63, 3.8) is 0 Å². The zero-order chi connectivity index (χ0) is 17.7. The highest BCUT2D eigenvalue weighted by atomic mass is 35.5. The van der Waals surface area contributed by atoms with Crippen molar-refractivity contribution >= 4 is 27.5 Å². The van der Waals surface area contributed by atoms with Crippen molar-refractivity contribution in [2.75, 3.05) is 14.1 Å². The number of hydrogen-bond donors (Lipinski definition) is 1. The molecule has 0 spiro atoms. The first kappa shape index (κ1) is 18.4. The second-order valence-corrected chi connectivity index (χ2v) is 7.67. The molecule has 128 valence electrons. The minimum absolute atomic E-state index is 0.0467. The number of sulfonamides is 1. The minimum atomic E-state index is -3.75. The highest BCUT2D eigenvalue weighted by Crippen LogP contribution is 2.24. The number of nitrogens with zero attached hydrogens (tertiary/aromatic N) is 1. The van der Waals surface area contributed by atoms with Crippen LogP contribution in [0.15, 0.2) is 53.4 Å². The number of carbonyl (C=O) groups excluding carboxylic acids is 1. The molecule has 0 aliphatic heterocycles. The Bertz CT molecular complexity index is 823. The van der Waals surface area contributed by atoms with E-state index in [2.05, 4.69) is 5.48 Å². The first-order chi connectivity index (χ1) is 11.3. The van der Waals surface area contributed by atoms with E-state index in [-0.39, 0.29) is 22.1 Å². The van der Waals surface area contributed by atoms with Crippen LogP contribution >= 0.6 is 11.6 Å². The number of benzene rings is 2. The molecule has 2 rings (SSSR count). The number of hydrogen-bond acceptors (Lipinski definition) is 4. The Morgan fingerprint density at radius 1 is 1.17 bits per heavy atom. The first-order valence-electron chi connectivity index (χ1n) is 7.00. The summed E-state index contributed by atoms with van der Waals surface area (Å²) >= 11 is 5.95. The molecule has 24 heavy (non-hydrogen) atoms. The highest BCUT2D eigenvalue weighted by Gasteiger charge is 2.22. The molecule has 0 atom stereocenters. The lowest BCUT2D eigenvalue weighted by Crippen LogP contribution is -2.25. The van der Waals surface area contributed by atoms with Gasteiger partial charge in [-0.05, 0) is 23.8 Å². The molecule has 0 aliphatic rings. The van der Waals surface area contributed by atoms with Crippen LogP contribution in [0.3, 0.4) is 0 Å². The van der Waals surface area contributed by atoms with Crippen LogP contribution in [0.5, 0.6) is 0 Å². The summed E-state index contributed by atoms with van der Waals surface area (Å²) in [5, 5.41) is 0.0467. The van der Waals surface area contributed by atoms with Crippen LogP contribution in [0.2, 0.25) is 5.02 Å². The average molecular weight is 369 g/mol. The van der Waals surface area contributed by atoms with Crippen LogP contribution in [0.25, 0.3) is 0 Å². The molecule has 2 aromatic carbocycles. The quantitative estimate of drug-likeness (QED) is 0.795. The van der Waals surface area contributed by atoms with E-state index < -0.39 is 15.9 Å². The molecule has 1 amide bonds. The summed E-state index contributed by atoms with van der Waals surface area (Å²) in [5.74, 6) is -0.558. The molecular weight excluding hydrogens is 352 g/mol. The van der Waals surface area contributed by atoms with E-state index in [0.717, 1.165) is 9.87 Å². The predicted molar refractivity (Wildman–Crippen MR) is 91.0 cm³/mol. The van der Waals surface area contributed by atoms with E-state index in [0.29, 0.717) is 0 Å². The van der Waals surface area contributed by atoms with Crippen LogP contribution in [0.4, 0.5) is 0 Å². The van der Waals surface area contributed by atoms with E-state index in [1.54, 1.807) is 0 Å².